The molecule has 0 saturated heterocycles. The normalized spacial score (nSPS) is 16.3. The molecule has 0 fully saturated rings. The van der Waals surface area contributed by atoms with Crippen LogP contribution in [0.4, 0.5) is 4.39 Å². The quantitative estimate of drug-likeness (QED) is 0.789. The fourth-order valence-corrected chi connectivity index (χ4v) is 3.32. The van der Waals surface area contributed by atoms with Gasteiger partial charge in [0, 0.05) is 23.6 Å². The van der Waals surface area contributed by atoms with Crippen LogP contribution in [0.1, 0.15) is 16.7 Å². The highest BCUT2D eigenvalue weighted by molar-refractivity contribution is 6.31. The average Bonchev–Trinajstić information content (AvgIpc) is 2.63. The first-order valence-corrected chi connectivity index (χ1v) is 8.26. The number of benzene rings is 2. The van der Waals surface area contributed by atoms with E-state index in [9.17, 15) is 14.0 Å². The number of fused-ring (bicyclic) bond motifs is 1. The fraction of sp³-hybridized carbons (Fsp3) is 0.263. The van der Waals surface area contributed by atoms with Crippen LogP contribution in [-0.2, 0) is 33.7 Å². The van der Waals surface area contributed by atoms with Crippen molar-refractivity contribution in [1.29, 1.82) is 0 Å². The SMILES string of the molecule is COC(=O)[C@H]1Cc2ccccc2CN1C(=O)Cc1c(F)cccc1Cl. The molecular weight excluding hydrogens is 345 g/mol. The molecule has 0 aliphatic carbocycles. The molecule has 1 aliphatic heterocycles. The molecule has 6 heteroatoms. The number of amides is 1. The van der Waals surface area contributed by atoms with Crippen molar-refractivity contribution in [3.63, 3.8) is 0 Å². The Bertz CT molecular complexity index is 804. The first-order valence-electron chi connectivity index (χ1n) is 7.88. The lowest BCUT2D eigenvalue weighted by molar-refractivity contribution is -0.153. The molecule has 0 bridgehead atoms. The Balaban J connectivity index is 1.90. The van der Waals surface area contributed by atoms with Crippen molar-refractivity contribution in [2.75, 3.05) is 7.11 Å². The van der Waals surface area contributed by atoms with E-state index < -0.39 is 17.8 Å². The molecule has 0 spiro atoms. The molecule has 2 aromatic rings. The number of hydrogen-bond acceptors (Lipinski definition) is 3. The largest absolute Gasteiger partial charge is 0.467 e. The number of halogens is 2. The van der Waals surface area contributed by atoms with Crippen LogP contribution in [0.3, 0.4) is 0 Å². The molecule has 1 atom stereocenters. The Kier molecular flexibility index (Phi) is 5.04. The Morgan fingerprint density at radius 3 is 2.60 bits per heavy atom. The van der Waals surface area contributed by atoms with Crippen molar-refractivity contribution in [3.05, 3.63) is 70.0 Å². The molecule has 4 nitrogen and oxygen atoms in total. The molecule has 1 aliphatic rings. The van der Waals surface area contributed by atoms with Gasteiger partial charge in [0.2, 0.25) is 5.91 Å². The molecule has 0 saturated carbocycles. The predicted molar refractivity (Wildman–Crippen MR) is 91.6 cm³/mol. The van der Waals surface area contributed by atoms with Gasteiger partial charge in [-0.15, -0.1) is 0 Å². The minimum Gasteiger partial charge on any atom is -0.467 e. The van der Waals surface area contributed by atoms with E-state index >= 15 is 0 Å². The van der Waals surface area contributed by atoms with Gasteiger partial charge in [-0.05, 0) is 23.3 Å². The van der Waals surface area contributed by atoms with Gasteiger partial charge in [-0.3, -0.25) is 4.79 Å². The smallest absolute Gasteiger partial charge is 0.328 e. The van der Waals surface area contributed by atoms with E-state index in [4.69, 9.17) is 16.3 Å². The second-order valence-electron chi connectivity index (χ2n) is 5.91. The minimum absolute atomic E-state index is 0.136. The zero-order valence-corrected chi connectivity index (χ0v) is 14.4. The maximum absolute atomic E-state index is 14.0. The number of rotatable bonds is 3. The van der Waals surface area contributed by atoms with Crippen LogP contribution >= 0.6 is 11.6 Å². The summed E-state index contributed by atoms with van der Waals surface area (Å²) in [4.78, 5) is 26.4. The van der Waals surface area contributed by atoms with Crippen molar-refractivity contribution in [1.82, 2.24) is 4.90 Å². The minimum atomic E-state index is -0.724. The van der Waals surface area contributed by atoms with Crippen molar-refractivity contribution < 1.29 is 18.7 Å². The number of ether oxygens (including phenoxy) is 1. The molecule has 0 radical (unpaired) electrons. The van der Waals surface area contributed by atoms with Crippen LogP contribution in [0, 0.1) is 5.82 Å². The summed E-state index contributed by atoms with van der Waals surface area (Å²) in [7, 11) is 1.29. The number of carbonyl (C=O) groups is 2. The highest BCUT2D eigenvalue weighted by Crippen LogP contribution is 2.26. The van der Waals surface area contributed by atoms with E-state index in [2.05, 4.69) is 0 Å². The number of hydrogen-bond donors (Lipinski definition) is 0. The zero-order valence-electron chi connectivity index (χ0n) is 13.7. The summed E-state index contributed by atoms with van der Waals surface area (Å²) in [6.45, 7) is 0.279. The van der Waals surface area contributed by atoms with Crippen LogP contribution in [0.2, 0.25) is 5.02 Å². The second-order valence-corrected chi connectivity index (χ2v) is 6.32. The third-order valence-corrected chi connectivity index (χ3v) is 4.79. The predicted octanol–water partition coefficient (Wildman–Crippen LogP) is 3.15. The van der Waals surface area contributed by atoms with Gasteiger partial charge in [-0.25, -0.2) is 9.18 Å². The molecule has 3 rings (SSSR count). The maximum atomic E-state index is 14.0. The molecule has 25 heavy (non-hydrogen) atoms. The summed E-state index contributed by atoms with van der Waals surface area (Å²) in [5.41, 5.74) is 2.11. The molecule has 1 heterocycles. The Morgan fingerprint density at radius 2 is 1.92 bits per heavy atom. The van der Waals surface area contributed by atoms with Crippen LogP contribution in [-0.4, -0.2) is 29.9 Å². The highest BCUT2D eigenvalue weighted by Gasteiger charge is 2.35. The topological polar surface area (TPSA) is 46.6 Å². The summed E-state index contributed by atoms with van der Waals surface area (Å²) in [6, 6.07) is 11.2. The van der Waals surface area contributed by atoms with Gasteiger partial charge in [-0.1, -0.05) is 41.9 Å². The van der Waals surface area contributed by atoms with Crippen molar-refractivity contribution >= 4 is 23.5 Å². The maximum Gasteiger partial charge on any atom is 0.328 e. The summed E-state index contributed by atoms with van der Waals surface area (Å²) in [5, 5.41) is 0.195. The molecule has 0 N–H and O–H groups in total. The molecule has 2 aromatic carbocycles. The zero-order chi connectivity index (χ0) is 18.0. The summed E-state index contributed by atoms with van der Waals surface area (Å²) >= 11 is 6.02. The van der Waals surface area contributed by atoms with Gasteiger partial charge in [-0.2, -0.15) is 0 Å². The second kappa shape index (κ2) is 7.23. The lowest BCUT2D eigenvalue weighted by atomic mass is 9.93. The van der Waals surface area contributed by atoms with Crippen LogP contribution < -0.4 is 0 Å². The number of methoxy groups -OCH3 is 1. The third kappa shape index (κ3) is 3.51. The molecule has 130 valence electrons. The number of esters is 1. The van der Waals surface area contributed by atoms with Gasteiger partial charge in [0.1, 0.15) is 11.9 Å². The van der Waals surface area contributed by atoms with Crippen LogP contribution in [0.25, 0.3) is 0 Å². The first kappa shape index (κ1) is 17.4. The van der Waals surface area contributed by atoms with E-state index in [1.807, 2.05) is 24.3 Å². The van der Waals surface area contributed by atoms with Crippen molar-refractivity contribution in [2.24, 2.45) is 0 Å². The van der Waals surface area contributed by atoms with Gasteiger partial charge in [0.25, 0.3) is 0 Å². The van der Waals surface area contributed by atoms with Crippen molar-refractivity contribution in [3.8, 4) is 0 Å². The number of nitrogens with zero attached hydrogens (tertiary/aromatic N) is 1. The highest BCUT2D eigenvalue weighted by atomic mass is 35.5. The lowest BCUT2D eigenvalue weighted by Crippen LogP contribution is -2.49. The average molecular weight is 362 g/mol. The molecular formula is C19H17ClFNO3. The van der Waals surface area contributed by atoms with E-state index in [0.717, 1.165) is 11.1 Å². The van der Waals surface area contributed by atoms with E-state index in [-0.39, 0.29) is 29.5 Å². The lowest BCUT2D eigenvalue weighted by Gasteiger charge is -2.35. The number of carbonyl (C=O) groups excluding carboxylic acids is 2. The van der Waals surface area contributed by atoms with Crippen molar-refractivity contribution in [2.45, 2.75) is 25.4 Å². The first-order chi connectivity index (χ1) is 12.0. The molecule has 0 unspecified atom stereocenters. The van der Waals surface area contributed by atoms with E-state index in [0.29, 0.717) is 6.42 Å². The van der Waals surface area contributed by atoms with E-state index in [1.165, 1.54) is 30.2 Å². The fourth-order valence-electron chi connectivity index (χ4n) is 3.09. The Morgan fingerprint density at radius 1 is 1.20 bits per heavy atom. The third-order valence-electron chi connectivity index (χ3n) is 4.43. The summed E-state index contributed by atoms with van der Waals surface area (Å²) < 4.78 is 18.8. The molecule has 1 amide bonds. The Hall–Kier alpha value is -2.40. The molecule has 0 aromatic heterocycles. The monoisotopic (exact) mass is 361 g/mol. The Labute approximate surface area is 150 Å². The van der Waals surface area contributed by atoms with E-state index in [1.54, 1.807) is 0 Å². The standard InChI is InChI=1S/C19H17ClFNO3/c1-25-19(24)17-9-12-5-2-3-6-13(12)11-22(17)18(23)10-14-15(20)7-4-8-16(14)21/h2-8,17H,9-11H2,1H3/t17-/m1/s1. The summed E-state index contributed by atoms with van der Waals surface area (Å²) in [5.74, 6) is -1.38. The summed E-state index contributed by atoms with van der Waals surface area (Å²) in [6.07, 6.45) is 0.167. The van der Waals surface area contributed by atoms with Gasteiger partial charge < -0.3 is 9.64 Å². The van der Waals surface area contributed by atoms with Gasteiger partial charge in [0.15, 0.2) is 0 Å². The van der Waals surface area contributed by atoms with Crippen LogP contribution in [0.5, 0.6) is 0 Å². The van der Waals surface area contributed by atoms with Crippen LogP contribution in [0.15, 0.2) is 42.5 Å². The van der Waals surface area contributed by atoms with Gasteiger partial charge >= 0.3 is 5.97 Å². The van der Waals surface area contributed by atoms with Gasteiger partial charge in [0.05, 0.1) is 13.5 Å².